The molecule has 6 rings (SSSR count). The largest absolute Gasteiger partial charge is 0.493 e. The van der Waals surface area contributed by atoms with Gasteiger partial charge in [-0.2, -0.15) is 0 Å². The first-order valence-corrected chi connectivity index (χ1v) is 15.1. The van der Waals surface area contributed by atoms with Crippen molar-refractivity contribution in [2.75, 3.05) is 54.4 Å². The summed E-state index contributed by atoms with van der Waals surface area (Å²) >= 11 is 0. The maximum atomic E-state index is 6.13. The van der Waals surface area contributed by atoms with Gasteiger partial charge in [0, 0.05) is 47.0 Å². The minimum Gasteiger partial charge on any atom is -0.493 e. The molecule has 7 nitrogen and oxygen atoms in total. The van der Waals surface area contributed by atoms with E-state index in [9.17, 15) is 0 Å². The highest BCUT2D eigenvalue weighted by Gasteiger charge is 2.16. The number of aromatic nitrogens is 4. The van der Waals surface area contributed by atoms with Crippen molar-refractivity contribution in [2.24, 2.45) is 0 Å². The van der Waals surface area contributed by atoms with Crippen molar-refractivity contribution in [3.8, 4) is 5.75 Å². The standard InChI is InChI=1S/C36H41N6O/c1-41(2)17-5-18-42(3,4)19-6-20-43-34-15-7-26(8-16-34)35-24-33-23-31-12-11-29(38-31)21-27-9-10-28(37-27)22-30-13-14-32(39-30)25-36(35)40-33/h7-16,21-25,37-38H,5-6,17-20H2,1-4H3/q+1. The van der Waals surface area contributed by atoms with Gasteiger partial charge in [0.25, 0.3) is 0 Å². The Morgan fingerprint density at radius 3 is 1.98 bits per heavy atom. The van der Waals surface area contributed by atoms with Crippen LogP contribution in [0.3, 0.4) is 0 Å². The molecule has 0 saturated carbocycles. The summed E-state index contributed by atoms with van der Waals surface area (Å²) in [6.07, 6.45) is 8.46. The molecule has 220 valence electrons. The lowest BCUT2D eigenvalue weighted by Crippen LogP contribution is -2.42. The van der Waals surface area contributed by atoms with Crippen LogP contribution in [0.1, 0.15) is 41.2 Å². The van der Waals surface area contributed by atoms with Gasteiger partial charge in [0.15, 0.2) is 0 Å². The molecule has 0 unspecified atom stereocenters. The number of rotatable bonds is 10. The highest BCUT2D eigenvalue weighted by Crippen LogP contribution is 2.30. The molecule has 0 atom stereocenters. The summed E-state index contributed by atoms with van der Waals surface area (Å²) in [5.74, 6) is 0.893. The van der Waals surface area contributed by atoms with Gasteiger partial charge in [-0.25, -0.2) is 9.97 Å². The van der Waals surface area contributed by atoms with E-state index >= 15 is 0 Å². The number of fused-ring (bicyclic) bond motifs is 8. The van der Waals surface area contributed by atoms with E-state index in [1.165, 1.54) is 13.0 Å². The van der Waals surface area contributed by atoms with Crippen LogP contribution in [0.15, 0.2) is 72.8 Å². The molecule has 0 spiro atoms. The second-order valence-electron chi connectivity index (χ2n) is 12.4. The zero-order valence-electron chi connectivity index (χ0n) is 25.6. The lowest BCUT2D eigenvalue weighted by molar-refractivity contribution is -0.890. The van der Waals surface area contributed by atoms with Crippen LogP contribution in [0.5, 0.6) is 5.75 Å². The number of ether oxygens (including phenoxy) is 1. The van der Waals surface area contributed by atoms with E-state index < -0.39 is 0 Å². The highest BCUT2D eigenvalue weighted by molar-refractivity contribution is 5.93. The SMILES string of the molecule is CN(C)CCC[N+](C)(C)CCCOc1ccc(C2=Cc3cc4ccc(cc5ccc(cc6nc(cc2n3)C=C6)[nH]5)[nH]4)cc1. The van der Waals surface area contributed by atoms with Crippen LogP contribution in [-0.4, -0.2) is 83.8 Å². The summed E-state index contributed by atoms with van der Waals surface area (Å²) in [6, 6.07) is 25.0. The van der Waals surface area contributed by atoms with Crippen LogP contribution in [-0.2, 0) is 0 Å². The van der Waals surface area contributed by atoms with Gasteiger partial charge >= 0.3 is 0 Å². The monoisotopic (exact) mass is 573 g/mol. The third kappa shape index (κ3) is 7.49. The number of H-pyrrole nitrogens is 2. The summed E-state index contributed by atoms with van der Waals surface area (Å²) in [6.45, 7) is 4.12. The third-order valence-corrected chi connectivity index (χ3v) is 7.88. The molecule has 0 radical (unpaired) electrons. The molecular weight excluding hydrogens is 532 g/mol. The van der Waals surface area contributed by atoms with Gasteiger partial charge in [-0.3, -0.25) is 0 Å². The summed E-state index contributed by atoms with van der Waals surface area (Å²) in [4.78, 5) is 19.0. The van der Waals surface area contributed by atoms with Crippen molar-refractivity contribution < 1.29 is 9.22 Å². The molecule has 5 heterocycles. The van der Waals surface area contributed by atoms with E-state index in [1.54, 1.807) is 0 Å². The van der Waals surface area contributed by atoms with Crippen molar-refractivity contribution in [1.82, 2.24) is 24.8 Å². The van der Waals surface area contributed by atoms with Crippen molar-refractivity contribution >= 4 is 45.9 Å². The minimum atomic E-state index is 0.714. The zero-order chi connectivity index (χ0) is 29.8. The summed E-state index contributed by atoms with van der Waals surface area (Å²) in [5, 5.41) is 0. The molecule has 3 aromatic heterocycles. The molecule has 1 aromatic carbocycles. The molecule has 2 aliphatic heterocycles. The van der Waals surface area contributed by atoms with Gasteiger partial charge in [0.2, 0.25) is 0 Å². The zero-order valence-corrected chi connectivity index (χ0v) is 25.6. The van der Waals surface area contributed by atoms with E-state index in [4.69, 9.17) is 14.7 Å². The van der Waals surface area contributed by atoms with Gasteiger partial charge in [0.1, 0.15) is 5.75 Å². The average Bonchev–Trinajstić information content (AvgIpc) is 3.77. The lowest BCUT2D eigenvalue weighted by atomic mass is 10.0. The molecule has 4 aromatic rings. The fourth-order valence-electron chi connectivity index (χ4n) is 5.59. The Bertz CT molecular complexity index is 1810. The maximum absolute atomic E-state index is 6.13. The van der Waals surface area contributed by atoms with E-state index in [0.717, 1.165) is 85.7 Å². The minimum absolute atomic E-state index is 0.714. The molecule has 0 fully saturated rings. The predicted octanol–water partition coefficient (Wildman–Crippen LogP) is 6.87. The summed E-state index contributed by atoms with van der Waals surface area (Å²) in [5.41, 5.74) is 9.83. The van der Waals surface area contributed by atoms with Gasteiger partial charge in [-0.15, -0.1) is 0 Å². The Morgan fingerprint density at radius 2 is 1.30 bits per heavy atom. The number of benzene rings is 1. The molecule has 7 heteroatoms. The topological polar surface area (TPSA) is 69.8 Å². The lowest BCUT2D eigenvalue weighted by Gasteiger charge is -2.30. The third-order valence-electron chi connectivity index (χ3n) is 7.88. The molecular formula is C36H41N6O+. The van der Waals surface area contributed by atoms with E-state index in [-0.39, 0.29) is 0 Å². The van der Waals surface area contributed by atoms with Crippen molar-refractivity contribution in [1.29, 1.82) is 0 Å². The number of nitrogens with one attached hydrogen (secondary N) is 2. The Hall–Kier alpha value is -4.46. The van der Waals surface area contributed by atoms with Gasteiger partial charge in [-0.05, 0) is 98.6 Å². The predicted molar refractivity (Wildman–Crippen MR) is 178 cm³/mol. The van der Waals surface area contributed by atoms with Gasteiger partial charge in [0.05, 0.1) is 56.6 Å². The molecule has 43 heavy (non-hydrogen) atoms. The Labute approximate surface area is 253 Å². The second-order valence-corrected chi connectivity index (χ2v) is 12.4. The number of hydrogen-bond donors (Lipinski definition) is 2. The van der Waals surface area contributed by atoms with Gasteiger partial charge < -0.3 is 24.1 Å². The average molecular weight is 574 g/mol. The van der Waals surface area contributed by atoms with Crippen molar-refractivity contribution in [2.45, 2.75) is 12.8 Å². The summed E-state index contributed by atoms with van der Waals surface area (Å²) < 4.78 is 7.15. The fourth-order valence-corrected chi connectivity index (χ4v) is 5.59. The molecule has 8 bridgehead atoms. The number of nitrogens with zero attached hydrogens (tertiary/aromatic N) is 4. The second kappa shape index (κ2) is 12.4. The van der Waals surface area contributed by atoms with Crippen LogP contribution in [0.2, 0.25) is 0 Å². The van der Waals surface area contributed by atoms with E-state index in [0.29, 0.717) is 6.61 Å². The first kappa shape index (κ1) is 28.6. The molecule has 2 N–H and O–H groups in total. The van der Waals surface area contributed by atoms with Gasteiger partial charge in [-0.1, -0.05) is 12.1 Å². The summed E-state index contributed by atoms with van der Waals surface area (Å²) in [7, 11) is 8.89. The molecule has 2 aliphatic rings. The van der Waals surface area contributed by atoms with Crippen molar-refractivity contribution in [3.63, 3.8) is 0 Å². The quantitative estimate of drug-likeness (QED) is 0.139. The van der Waals surface area contributed by atoms with E-state index in [2.05, 4.69) is 122 Å². The van der Waals surface area contributed by atoms with Crippen LogP contribution < -0.4 is 4.74 Å². The number of aromatic amines is 2. The normalized spacial score (nSPS) is 13.0. The Balaban J connectivity index is 1.22. The highest BCUT2D eigenvalue weighted by atomic mass is 16.5. The first-order valence-electron chi connectivity index (χ1n) is 15.1. The molecule has 0 saturated heterocycles. The molecule has 0 amide bonds. The molecule has 0 aliphatic carbocycles. The Kier molecular flexibility index (Phi) is 8.27. The van der Waals surface area contributed by atoms with Crippen LogP contribution in [0.25, 0.3) is 45.9 Å². The van der Waals surface area contributed by atoms with Crippen LogP contribution in [0.4, 0.5) is 0 Å². The number of quaternary nitrogens is 1. The fraction of sp³-hybridized carbons (Fsp3) is 0.278. The first-order chi connectivity index (χ1) is 20.8. The smallest absolute Gasteiger partial charge is 0.119 e. The van der Waals surface area contributed by atoms with Crippen LogP contribution >= 0.6 is 0 Å². The van der Waals surface area contributed by atoms with Crippen molar-refractivity contribution in [3.05, 3.63) is 101 Å². The number of hydrogen-bond acceptors (Lipinski definition) is 4. The van der Waals surface area contributed by atoms with E-state index in [1.807, 2.05) is 12.2 Å². The maximum Gasteiger partial charge on any atom is 0.119 e. The Morgan fingerprint density at radius 1 is 0.698 bits per heavy atom. The van der Waals surface area contributed by atoms with Crippen LogP contribution in [0, 0.1) is 0 Å².